The molecule has 4 rings (SSSR count). The molecule has 1 saturated heterocycles. The summed E-state index contributed by atoms with van der Waals surface area (Å²) < 4.78 is 15.5. The van der Waals surface area contributed by atoms with Crippen molar-refractivity contribution in [1.82, 2.24) is 25.0 Å². The second-order valence-corrected chi connectivity index (χ2v) is 8.18. The number of likely N-dealkylation sites (tertiary alicyclic amines) is 1. The lowest BCUT2D eigenvalue weighted by Gasteiger charge is -2.43. The van der Waals surface area contributed by atoms with Gasteiger partial charge in [0.1, 0.15) is 22.9 Å². The predicted molar refractivity (Wildman–Crippen MR) is 111 cm³/mol. The number of aliphatic hydroxyl groups is 1. The monoisotopic (exact) mass is 414 g/mol. The van der Waals surface area contributed by atoms with E-state index in [1.807, 2.05) is 26.1 Å². The van der Waals surface area contributed by atoms with Crippen molar-refractivity contribution >= 4 is 17.9 Å². The number of halogens is 1. The molecule has 160 valence electrons. The zero-order valence-corrected chi connectivity index (χ0v) is 17.4. The van der Waals surface area contributed by atoms with Gasteiger partial charge in [0.25, 0.3) is 5.91 Å². The van der Waals surface area contributed by atoms with Crippen molar-refractivity contribution in [1.29, 1.82) is 0 Å². The standard InChI is InChI=1S/C21H27FN6O2/c1-13(29)10-24-20(30)17-12-25-28-8-6-21(3,26-19(17)28)27-7-4-5-18(27)16-9-15(22)11-23-14(16)2/h6,8-9,11-13,18,26,29H,4-5,7,10H2,1-3H3,(H,24,30)/t13-,18-,21?/m1/s1. The number of nitrogens with one attached hydrogen (secondary N) is 2. The SMILES string of the molecule is Cc1ncc(F)cc1[C@H]1CCCN1C1(C)C=Cn2ncc(C(=O)NC[C@@H](C)O)c2N1. The molecule has 2 aliphatic heterocycles. The number of pyridine rings is 1. The Morgan fingerprint density at radius 1 is 1.50 bits per heavy atom. The summed E-state index contributed by atoms with van der Waals surface area (Å²) in [6.07, 6.45) is 7.85. The Kier molecular flexibility index (Phi) is 5.33. The van der Waals surface area contributed by atoms with Gasteiger partial charge in [-0.3, -0.25) is 14.7 Å². The molecule has 0 bridgehead atoms. The molecule has 2 aromatic rings. The van der Waals surface area contributed by atoms with E-state index in [9.17, 15) is 14.3 Å². The number of amides is 1. The molecule has 1 fully saturated rings. The number of anilines is 1. The molecule has 0 saturated carbocycles. The summed E-state index contributed by atoms with van der Waals surface area (Å²) in [5, 5.41) is 19.9. The van der Waals surface area contributed by atoms with Gasteiger partial charge in [-0.05, 0) is 51.3 Å². The zero-order chi connectivity index (χ0) is 21.5. The van der Waals surface area contributed by atoms with E-state index in [-0.39, 0.29) is 24.3 Å². The molecular weight excluding hydrogens is 387 g/mol. The van der Waals surface area contributed by atoms with E-state index in [2.05, 4.69) is 25.6 Å². The van der Waals surface area contributed by atoms with Gasteiger partial charge in [0.05, 0.1) is 18.5 Å². The molecule has 4 heterocycles. The maximum atomic E-state index is 13.9. The van der Waals surface area contributed by atoms with Crippen LogP contribution in [0.2, 0.25) is 0 Å². The normalized spacial score (nSPS) is 24.4. The van der Waals surface area contributed by atoms with E-state index < -0.39 is 11.8 Å². The number of aliphatic hydroxyl groups excluding tert-OH is 1. The Balaban J connectivity index is 1.62. The topological polar surface area (TPSA) is 95.3 Å². The lowest BCUT2D eigenvalue weighted by Crippen LogP contribution is -2.52. The molecular formula is C21H27FN6O2. The van der Waals surface area contributed by atoms with Crippen LogP contribution in [0, 0.1) is 12.7 Å². The van der Waals surface area contributed by atoms with E-state index in [4.69, 9.17) is 0 Å². The fourth-order valence-electron chi connectivity index (χ4n) is 4.27. The molecule has 2 aromatic heterocycles. The highest BCUT2D eigenvalue weighted by Crippen LogP contribution is 2.41. The van der Waals surface area contributed by atoms with Crippen molar-refractivity contribution in [2.45, 2.75) is 51.4 Å². The number of aromatic nitrogens is 3. The highest BCUT2D eigenvalue weighted by Gasteiger charge is 2.41. The number of carbonyl (C=O) groups excluding carboxylic acids is 1. The minimum atomic E-state index is -0.632. The van der Waals surface area contributed by atoms with Crippen LogP contribution in [0.4, 0.5) is 10.2 Å². The van der Waals surface area contributed by atoms with Gasteiger partial charge in [-0.2, -0.15) is 5.10 Å². The molecule has 9 heteroatoms. The lowest BCUT2D eigenvalue weighted by atomic mass is 9.99. The summed E-state index contributed by atoms with van der Waals surface area (Å²) in [5.41, 5.74) is 1.53. The highest BCUT2D eigenvalue weighted by atomic mass is 19.1. The summed E-state index contributed by atoms with van der Waals surface area (Å²) in [6, 6.07) is 1.58. The zero-order valence-electron chi connectivity index (χ0n) is 17.4. The molecule has 1 amide bonds. The van der Waals surface area contributed by atoms with Crippen LogP contribution in [0.5, 0.6) is 0 Å². The third-order valence-corrected chi connectivity index (χ3v) is 5.81. The first-order chi connectivity index (χ1) is 14.3. The third-order valence-electron chi connectivity index (χ3n) is 5.81. The maximum Gasteiger partial charge on any atom is 0.256 e. The Morgan fingerprint density at radius 3 is 3.07 bits per heavy atom. The van der Waals surface area contributed by atoms with Crippen molar-refractivity contribution in [3.05, 3.63) is 47.2 Å². The second-order valence-electron chi connectivity index (χ2n) is 8.18. The van der Waals surface area contributed by atoms with E-state index in [1.165, 1.54) is 12.4 Å². The van der Waals surface area contributed by atoms with Crippen molar-refractivity contribution in [2.24, 2.45) is 0 Å². The van der Waals surface area contributed by atoms with Gasteiger partial charge in [-0.15, -0.1) is 0 Å². The lowest BCUT2D eigenvalue weighted by molar-refractivity contribution is 0.0924. The van der Waals surface area contributed by atoms with Gasteiger partial charge >= 0.3 is 0 Å². The van der Waals surface area contributed by atoms with E-state index in [0.29, 0.717) is 11.4 Å². The molecule has 0 spiro atoms. The molecule has 1 unspecified atom stereocenters. The number of aryl methyl sites for hydroxylation is 1. The summed E-state index contributed by atoms with van der Waals surface area (Å²) >= 11 is 0. The number of hydrogen-bond acceptors (Lipinski definition) is 6. The number of fused-ring (bicyclic) bond motifs is 1. The first-order valence-electron chi connectivity index (χ1n) is 10.2. The molecule has 3 atom stereocenters. The van der Waals surface area contributed by atoms with Crippen LogP contribution in [0.3, 0.4) is 0 Å². The summed E-state index contributed by atoms with van der Waals surface area (Å²) in [5.74, 6) is -0.0526. The summed E-state index contributed by atoms with van der Waals surface area (Å²) in [6.45, 7) is 6.54. The van der Waals surface area contributed by atoms with Crippen molar-refractivity contribution in [3.8, 4) is 0 Å². The van der Waals surface area contributed by atoms with Crippen molar-refractivity contribution < 1.29 is 14.3 Å². The van der Waals surface area contributed by atoms with Gasteiger partial charge in [-0.25, -0.2) is 9.07 Å². The van der Waals surface area contributed by atoms with Crippen LogP contribution in [-0.4, -0.2) is 55.5 Å². The molecule has 0 radical (unpaired) electrons. The van der Waals surface area contributed by atoms with Crippen LogP contribution < -0.4 is 10.6 Å². The number of hydrogen-bond donors (Lipinski definition) is 3. The minimum absolute atomic E-state index is 0.0114. The van der Waals surface area contributed by atoms with Crippen LogP contribution in [0.25, 0.3) is 6.20 Å². The molecule has 3 N–H and O–H groups in total. The van der Waals surface area contributed by atoms with Crippen LogP contribution in [-0.2, 0) is 0 Å². The Hall–Kier alpha value is -2.78. The summed E-state index contributed by atoms with van der Waals surface area (Å²) in [4.78, 5) is 19.1. The van der Waals surface area contributed by atoms with Crippen LogP contribution in [0.15, 0.2) is 24.5 Å². The fourth-order valence-corrected chi connectivity index (χ4v) is 4.27. The molecule has 0 aliphatic carbocycles. The van der Waals surface area contributed by atoms with Gasteiger partial charge in [0, 0.05) is 31.0 Å². The fraction of sp³-hybridized carbons (Fsp3) is 0.476. The van der Waals surface area contributed by atoms with Crippen molar-refractivity contribution in [2.75, 3.05) is 18.4 Å². The molecule has 0 aromatic carbocycles. The number of rotatable bonds is 5. The van der Waals surface area contributed by atoms with Gasteiger partial charge in [0.2, 0.25) is 0 Å². The van der Waals surface area contributed by atoms with Gasteiger partial charge in [-0.1, -0.05) is 0 Å². The maximum absolute atomic E-state index is 13.9. The van der Waals surface area contributed by atoms with E-state index in [1.54, 1.807) is 17.7 Å². The Labute approximate surface area is 174 Å². The second kappa shape index (κ2) is 7.81. The van der Waals surface area contributed by atoms with Crippen LogP contribution in [0.1, 0.15) is 54.3 Å². The van der Waals surface area contributed by atoms with Crippen molar-refractivity contribution in [3.63, 3.8) is 0 Å². The summed E-state index contributed by atoms with van der Waals surface area (Å²) in [7, 11) is 0. The molecule has 30 heavy (non-hydrogen) atoms. The third kappa shape index (κ3) is 3.70. The van der Waals surface area contributed by atoms with Gasteiger partial charge < -0.3 is 15.7 Å². The van der Waals surface area contributed by atoms with E-state index in [0.717, 1.165) is 30.6 Å². The minimum Gasteiger partial charge on any atom is -0.392 e. The first-order valence-corrected chi connectivity index (χ1v) is 10.2. The largest absolute Gasteiger partial charge is 0.392 e. The average Bonchev–Trinajstić information content (AvgIpc) is 3.35. The van der Waals surface area contributed by atoms with E-state index >= 15 is 0 Å². The van der Waals surface area contributed by atoms with Gasteiger partial charge in [0.15, 0.2) is 0 Å². The number of nitrogens with zero attached hydrogens (tertiary/aromatic N) is 4. The number of carbonyl (C=O) groups is 1. The highest BCUT2D eigenvalue weighted by molar-refractivity contribution is 5.99. The molecule has 8 nitrogen and oxygen atoms in total. The molecule has 2 aliphatic rings. The first kappa shape index (κ1) is 20.5. The average molecular weight is 414 g/mol. The Morgan fingerprint density at radius 2 is 2.30 bits per heavy atom. The predicted octanol–water partition coefficient (Wildman–Crippen LogP) is 2.29. The quantitative estimate of drug-likeness (QED) is 0.695. The van der Waals surface area contributed by atoms with Crippen LogP contribution >= 0.6 is 0 Å². The Bertz CT molecular complexity index is 988. The smallest absolute Gasteiger partial charge is 0.256 e.